The van der Waals surface area contributed by atoms with E-state index in [4.69, 9.17) is 4.42 Å². The highest BCUT2D eigenvalue weighted by molar-refractivity contribution is 6.61. The van der Waals surface area contributed by atoms with Crippen LogP contribution in [0.3, 0.4) is 0 Å². The normalized spacial score (nSPS) is 12.3. The Morgan fingerprint density at radius 3 is 1.51 bits per heavy atom. The first kappa shape index (κ1) is 25.1. The third kappa shape index (κ3) is 4.65. The van der Waals surface area contributed by atoms with Gasteiger partial charge < -0.3 is 19.4 Å². The summed E-state index contributed by atoms with van der Waals surface area (Å²) < 4.78 is 6.39. The van der Waals surface area contributed by atoms with Crippen LogP contribution in [0, 0.1) is 0 Å². The summed E-state index contributed by atoms with van der Waals surface area (Å²) in [5, 5.41) is 21.7. The zero-order valence-corrected chi connectivity index (χ0v) is 22.4. The lowest BCUT2D eigenvalue weighted by Gasteiger charge is -2.28. The first-order valence-electron chi connectivity index (χ1n) is 12.8. The molecule has 188 valence electrons. The Hall–Kier alpha value is -3.54. The largest absolute Gasteiger partial charge is 0.492 e. The van der Waals surface area contributed by atoms with E-state index in [0.717, 1.165) is 27.8 Å². The predicted octanol–water partition coefficient (Wildman–Crippen LogP) is 7.33. The highest BCUT2D eigenvalue weighted by Gasteiger charge is 2.24. The van der Waals surface area contributed by atoms with Crippen LogP contribution in [0.2, 0.25) is 0 Å². The summed E-state index contributed by atoms with van der Waals surface area (Å²) in [6.45, 7) is 13.3. The smallest absolute Gasteiger partial charge is 0.454 e. The van der Waals surface area contributed by atoms with Gasteiger partial charge in [-0.05, 0) is 52.3 Å². The van der Waals surface area contributed by atoms with Crippen molar-refractivity contribution in [3.05, 3.63) is 96.1 Å². The third-order valence-electron chi connectivity index (χ3n) is 7.04. The molecule has 5 rings (SSSR count). The SMILES string of the molecule is CC(C)(C)c1ccc(N(c2ccc(C(C)(C)C)cc2)c2cccc3c2oc2c(B(O)O)cccc23)cc1. The zero-order valence-electron chi connectivity index (χ0n) is 22.4. The number of hydrogen-bond acceptors (Lipinski definition) is 4. The van der Waals surface area contributed by atoms with Gasteiger partial charge in [0.15, 0.2) is 5.58 Å². The Morgan fingerprint density at radius 2 is 1.05 bits per heavy atom. The average molecular weight is 491 g/mol. The second-order valence-electron chi connectivity index (χ2n) is 11.8. The van der Waals surface area contributed by atoms with E-state index in [-0.39, 0.29) is 10.8 Å². The topological polar surface area (TPSA) is 56.8 Å². The van der Waals surface area contributed by atoms with Crippen LogP contribution in [0.1, 0.15) is 52.7 Å². The minimum absolute atomic E-state index is 0.0536. The maximum atomic E-state index is 9.95. The molecule has 4 nitrogen and oxygen atoms in total. The van der Waals surface area contributed by atoms with E-state index in [0.29, 0.717) is 16.6 Å². The van der Waals surface area contributed by atoms with E-state index in [2.05, 4.69) is 101 Å². The molecule has 37 heavy (non-hydrogen) atoms. The number of furan rings is 1. The van der Waals surface area contributed by atoms with Gasteiger partial charge in [-0.3, -0.25) is 0 Å². The second kappa shape index (κ2) is 9.09. The summed E-state index contributed by atoms with van der Waals surface area (Å²) in [4.78, 5) is 2.21. The van der Waals surface area contributed by atoms with Gasteiger partial charge in [0, 0.05) is 27.6 Å². The molecule has 1 aromatic heterocycles. The van der Waals surface area contributed by atoms with Crippen molar-refractivity contribution in [2.75, 3.05) is 4.90 Å². The molecule has 0 saturated heterocycles. The van der Waals surface area contributed by atoms with Crippen molar-refractivity contribution >= 4 is 51.6 Å². The fourth-order valence-electron chi connectivity index (χ4n) is 4.85. The maximum Gasteiger partial charge on any atom is 0.492 e. The first-order chi connectivity index (χ1) is 17.4. The number of hydrogen-bond donors (Lipinski definition) is 2. The molecule has 5 aromatic rings. The molecule has 4 aromatic carbocycles. The Kier molecular flexibility index (Phi) is 6.17. The number of para-hydroxylation sites is 2. The van der Waals surface area contributed by atoms with E-state index < -0.39 is 7.12 Å². The summed E-state index contributed by atoms with van der Waals surface area (Å²) in [5.41, 5.74) is 7.12. The van der Waals surface area contributed by atoms with Crippen LogP contribution in [0.5, 0.6) is 0 Å². The van der Waals surface area contributed by atoms with E-state index >= 15 is 0 Å². The van der Waals surface area contributed by atoms with Crippen molar-refractivity contribution in [1.82, 2.24) is 0 Å². The zero-order chi connectivity index (χ0) is 26.5. The molecule has 0 spiro atoms. The number of benzene rings is 4. The van der Waals surface area contributed by atoms with Crippen LogP contribution >= 0.6 is 0 Å². The first-order valence-corrected chi connectivity index (χ1v) is 12.8. The quantitative estimate of drug-likeness (QED) is 0.259. The number of fused-ring (bicyclic) bond motifs is 3. The van der Waals surface area contributed by atoms with Gasteiger partial charge in [0.25, 0.3) is 0 Å². The van der Waals surface area contributed by atoms with Crippen LogP contribution in [0.25, 0.3) is 21.9 Å². The molecule has 0 atom stereocenters. The van der Waals surface area contributed by atoms with E-state index in [1.807, 2.05) is 24.3 Å². The van der Waals surface area contributed by atoms with Crippen LogP contribution in [-0.2, 0) is 10.8 Å². The molecule has 0 amide bonds. The molecule has 0 aliphatic rings. The molecule has 1 heterocycles. The second-order valence-corrected chi connectivity index (χ2v) is 11.8. The molecule has 0 bridgehead atoms. The van der Waals surface area contributed by atoms with Crippen LogP contribution in [0.4, 0.5) is 17.1 Å². The number of rotatable bonds is 4. The molecular formula is C32H34BNO3. The highest BCUT2D eigenvalue weighted by atomic mass is 16.4. The Labute approximate surface area is 219 Å². The standard InChI is InChI=1S/C32H34BNO3/c1-31(2,3)21-13-17-23(18-14-21)34(24-19-15-22(16-20-24)32(4,5)6)28-12-8-10-26-25-9-7-11-27(33(35)36)29(25)37-30(26)28/h7-20,35-36H,1-6H3. The summed E-state index contributed by atoms with van der Waals surface area (Å²) in [6.07, 6.45) is 0. The highest BCUT2D eigenvalue weighted by Crippen LogP contribution is 2.42. The summed E-state index contributed by atoms with van der Waals surface area (Å²) in [5.74, 6) is 0. The molecule has 0 aliphatic heterocycles. The van der Waals surface area contributed by atoms with E-state index in [1.54, 1.807) is 6.07 Å². The fourth-order valence-corrected chi connectivity index (χ4v) is 4.85. The monoisotopic (exact) mass is 491 g/mol. The Balaban J connectivity index is 1.75. The van der Waals surface area contributed by atoms with Crippen LogP contribution < -0.4 is 10.4 Å². The summed E-state index contributed by atoms with van der Waals surface area (Å²) >= 11 is 0. The lowest BCUT2D eigenvalue weighted by atomic mass is 9.79. The average Bonchev–Trinajstić information content (AvgIpc) is 3.23. The molecular weight excluding hydrogens is 457 g/mol. The van der Waals surface area contributed by atoms with Gasteiger partial charge in [-0.2, -0.15) is 0 Å². The minimum atomic E-state index is -1.61. The number of nitrogens with zero attached hydrogens (tertiary/aromatic N) is 1. The van der Waals surface area contributed by atoms with E-state index in [9.17, 15) is 10.0 Å². The third-order valence-corrected chi connectivity index (χ3v) is 7.04. The number of anilines is 3. The van der Waals surface area contributed by atoms with Crippen molar-refractivity contribution in [2.24, 2.45) is 0 Å². The maximum absolute atomic E-state index is 9.95. The molecule has 0 radical (unpaired) electrons. The van der Waals surface area contributed by atoms with Crippen molar-refractivity contribution in [1.29, 1.82) is 0 Å². The molecule has 0 fully saturated rings. The van der Waals surface area contributed by atoms with Gasteiger partial charge in [-0.15, -0.1) is 0 Å². The van der Waals surface area contributed by atoms with Gasteiger partial charge in [0.05, 0.1) is 5.69 Å². The lowest BCUT2D eigenvalue weighted by molar-refractivity contribution is 0.425. The van der Waals surface area contributed by atoms with Gasteiger partial charge in [-0.1, -0.05) is 96.1 Å². The lowest BCUT2D eigenvalue weighted by Crippen LogP contribution is -2.29. The van der Waals surface area contributed by atoms with Crippen molar-refractivity contribution in [2.45, 2.75) is 52.4 Å². The molecule has 5 heteroatoms. The van der Waals surface area contributed by atoms with Gasteiger partial charge in [0.1, 0.15) is 5.58 Å². The minimum Gasteiger partial charge on any atom is -0.454 e. The van der Waals surface area contributed by atoms with Gasteiger partial charge >= 0.3 is 7.12 Å². The predicted molar refractivity (Wildman–Crippen MR) is 156 cm³/mol. The van der Waals surface area contributed by atoms with Gasteiger partial charge in [-0.25, -0.2) is 0 Å². The molecule has 0 unspecified atom stereocenters. The van der Waals surface area contributed by atoms with Crippen molar-refractivity contribution in [3.63, 3.8) is 0 Å². The molecule has 0 saturated carbocycles. The molecule has 0 aliphatic carbocycles. The fraction of sp³-hybridized carbons (Fsp3) is 0.250. The van der Waals surface area contributed by atoms with Crippen LogP contribution in [0.15, 0.2) is 89.3 Å². The Bertz CT molecular complexity index is 1500. The summed E-state index contributed by atoms with van der Waals surface area (Å²) in [6, 6.07) is 28.9. The van der Waals surface area contributed by atoms with Crippen LogP contribution in [-0.4, -0.2) is 17.2 Å². The van der Waals surface area contributed by atoms with Crippen molar-refractivity contribution in [3.8, 4) is 0 Å². The summed E-state index contributed by atoms with van der Waals surface area (Å²) in [7, 11) is -1.61. The molecule has 2 N–H and O–H groups in total. The van der Waals surface area contributed by atoms with E-state index in [1.165, 1.54) is 11.1 Å². The Morgan fingerprint density at radius 1 is 0.595 bits per heavy atom. The van der Waals surface area contributed by atoms with Gasteiger partial charge in [0.2, 0.25) is 0 Å². The van der Waals surface area contributed by atoms with Crippen molar-refractivity contribution < 1.29 is 14.5 Å².